The molecule has 1 aliphatic carbocycles. The van der Waals surface area contributed by atoms with E-state index in [1.807, 2.05) is 0 Å². The van der Waals surface area contributed by atoms with E-state index in [0.29, 0.717) is 5.92 Å². The second-order valence-corrected chi connectivity index (χ2v) is 7.45. The Bertz CT molecular complexity index is 438. The van der Waals surface area contributed by atoms with Crippen LogP contribution in [-0.4, -0.2) is 17.3 Å². The minimum atomic E-state index is -0.0861. The fourth-order valence-electron chi connectivity index (χ4n) is 2.96. The molecule has 2 atom stereocenters. The van der Waals surface area contributed by atoms with Crippen LogP contribution in [0.3, 0.4) is 0 Å². The smallest absolute Gasteiger partial charge is 0.0613 e. The molecule has 1 aliphatic rings. The monoisotopic (exact) mass is 389 g/mol. The van der Waals surface area contributed by atoms with Crippen LogP contribution in [0, 0.1) is 5.92 Å². The van der Waals surface area contributed by atoms with Gasteiger partial charge in [-0.1, -0.05) is 25.8 Å². The van der Waals surface area contributed by atoms with Gasteiger partial charge in [-0.05, 0) is 68.3 Å². The van der Waals surface area contributed by atoms with Crippen LogP contribution in [0.1, 0.15) is 38.2 Å². The van der Waals surface area contributed by atoms with E-state index < -0.39 is 0 Å². The molecule has 0 radical (unpaired) electrons. The molecule has 0 aliphatic heterocycles. The summed E-state index contributed by atoms with van der Waals surface area (Å²) in [5.74, 6) is 0.699. The molecule has 2 unspecified atom stereocenters. The predicted octanol–water partition coefficient (Wildman–Crippen LogP) is 4.24. The van der Waals surface area contributed by atoms with E-state index in [0.717, 1.165) is 28.3 Å². The Hall–Kier alpha value is 0.1000. The van der Waals surface area contributed by atoms with Crippen molar-refractivity contribution in [3.8, 4) is 0 Å². The Labute approximate surface area is 132 Å². The highest BCUT2D eigenvalue weighted by molar-refractivity contribution is 9.13. The van der Waals surface area contributed by atoms with Crippen LogP contribution < -0.4 is 5.32 Å². The third kappa shape index (κ3) is 4.03. The summed E-state index contributed by atoms with van der Waals surface area (Å²) in [7, 11) is 0. The van der Waals surface area contributed by atoms with Crippen LogP contribution in [0.15, 0.2) is 27.1 Å². The van der Waals surface area contributed by atoms with Crippen LogP contribution >= 0.6 is 31.9 Å². The fraction of sp³-hybridized carbons (Fsp3) is 0.600. The van der Waals surface area contributed by atoms with Gasteiger partial charge in [-0.15, -0.1) is 0 Å². The third-order valence-electron chi connectivity index (χ3n) is 4.05. The molecule has 0 amide bonds. The first-order valence-electron chi connectivity index (χ1n) is 6.84. The third-order valence-corrected chi connectivity index (χ3v) is 5.93. The van der Waals surface area contributed by atoms with Crippen LogP contribution in [-0.2, 0) is 6.54 Å². The Morgan fingerprint density at radius 1 is 1.37 bits per heavy atom. The number of rotatable bonds is 4. The first kappa shape index (κ1) is 15.5. The zero-order valence-electron chi connectivity index (χ0n) is 11.3. The molecular weight excluding hydrogens is 370 g/mol. The van der Waals surface area contributed by atoms with Gasteiger partial charge in [0.25, 0.3) is 0 Å². The van der Waals surface area contributed by atoms with Gasteiger partial charge in [-0.3, -0.25) is 0 Å². The molecule has 0 heterocycles. The van der Waals surface area contributed by atoms with Crippen molar-refractivity contribution in [3.63, 3.8) is 0 Å². The number of hydrogen-bond donors (Lipinski definition) is 2. The van der Waals surface area contributed by atoms with Crippen LogP contribution in [0.4, 0.5) is 0 Å². The average Bonchev–Trinajstić information content (AvgIpc) is 2.40. The lowest BCUT2D eigenvalue weighted by Crippen LogP contribution is -2.51. The molecule has 1 fully saturated rings. The largest absolute Gasteiger partial charge is 0.394 e. The fourth-order valence-corrected chi connectivity index (χ4v) is 3.63. The standard InChI is InChI=1S/C15H21Br2NO/c1-11-3-2-6-15(8-11,10-19)18-9-12-4-5-13(16)14(17)7-12/h4-5,7,11,18-19H,2-3,6,8-10H2,1H3. The number of halogens is 2. The van der Waals surface area contributed by atoms with Gasteiger partial charge < -0.3 is 10.4 Å². The molecule has 2 rings (SSSR count). The normalized spacial score (nSPS) is 27.5. The van der Waals surface area contributed by atoms with E-state index in [9.17, 15) is 5.11 Å². The number of benzene rings is 1. The van der Waals surface area contributed by atoms with Gasteiger partial charge in [-0.2, -0.15) is 0 Å². The van der Waals surface area contributed by atoms with E-state index in [4.69, 9.17) is 0 Å². The molecule has 2 N–H and O–H groups in total. The van der Waals surface area contributed by atoms with Crippen molar-refractivity contribution in [3.05, 3.63) is 32.7 Å². The van der Waals surface area contributed by atoms with Crippen molar-refractivity contribution < 1.29 is 5.11 Å². The number of nitrogens with one attached hydrogen (secondary N) is 1. The van der Waals surface area contributed by atoms with Gasteiger partial charge in [0.1, 0.15) is 0 Å². The number of aliphatic hydroxyl groups excluding tert-OH is 1. The molecule has 106 valence electrons. The molecular formula is C15H21Br2NO. The van der Waals surface area contributed by atoms with E-state index in [-0.39, 0.29) is 12.1 Å². The van der Waals surface area contributed by atoms with Crippen LogP contribution in [0.25, 0.3) is 0 Å². The van der Waals surface area contributed by atoms with E-state index in [2.05, 4.69) is 62.3 Å². The molecule has 0 saturated heterocycles. The summed E-state index contributed by atoms with van der Waals surface area (Å²) < 4.78 is 2.14. The molecule has 2 nitrogen and oxygen atoms in total. The Balaban J connectivity index is 2.01. The average molecular weight is 391 g/mol. The second kappa shape index (κ2) is 6.70. The van der Waals surface area contributed by atoms with Gasteiger partial charge in [0.2, 0.25) is 0 Å². The maximum absolute atomic E-state index is 9.76. The van der Waals surface area contributed by atoms with E-state index >= 15 is 0 Å². The van der Waals surface area contributed by atoms with Crippen molar-refractivity contribution in [1.82, 2.24) is 5.32 Å². The van der Waals surface area contributed by atoms with Gasteiger partial charge in [0.15, 0.2) is 0 Å². The summed E-state index contributed by atoms with van der Waals surface area (Å²) >= 11 is 7.01. The van der Waals surface area contributed by atoms with Crippen LogP contribution in [0.2, 0.25) is 0 Å². The zero-order valence-corrected chi connectivity index (χ0v) is 14.4. The highest BCUT2D eigenvalue weighted by atomic mass is 79.9. The maximum Gasteiger partial charge on any atom is 0.0613 e. The van der Waals surface area contributed by atoms with Crippen molar-refractivity contribution in [2.24, 2.45) is 5.92 Å². The molecule has 0 spiro atoms. The lowest BCUT2D eigenvalue weighted by Gasteiger charge is -2.39. The molecule has 19 heavy (non-hydrogen) atoms. The topological polar surface area (TPSA) is 32.3 Å². The Morgan fingerprint density at radius 2 is 2.16 bits per heavy atom. The summed E-state index contributed by atoms with van der Waals surface area (Å²) in [5, 5.41) is 13.3. The Morgan fingerprint density at radius 3 is 2.79 bits per heavy atom. The summed E-state index contributed by atoms with van der Waals surface area (Å²) in [4.78, 5) is 0. The minimum Gasteiger partial charge on any atom is -0.394 e. The summed E-state index contributed by atoms with van der Waals surface area (Å²) in [6, 6.07) is 6.28. The van der Waals surface area contributed by atoms with Crippen molar-refractivity contribution >= 4 is 31.9 Å². The molecule has 0 bridgehead atoms. The van der Waals surface area contributed by atoms with Gasteiger partial charge in [0.05, 0.1) is 6.61 Å². The van der Waals surface area contributed by atoms with E-state index in [1.54, 1.807) is 0 Å². The molecule has 0 aromatic heterocycles. The maximum atomic E-state index is 9.76. The number of aliphatic hydroxyl groups is 1. The SMILES string of the molecule is CC1CCCC(CO)(NCc2ccc(Br)c(Br)c2)C1. The molecule has 1 aromatic rings. The lowest BCUT2D eigenvalue weighted by atomic mass is 9.77. The minimum absolute atomic E-state index is 0.0861. The van der Waals surface area contributed by atoms with Crippen molar-refractivity contribution in [1.29, 1.82) is 0 Å². The summed E-state index contributed by atoms with van der Waals surface area (Å²) in [6.45, 7) is 3.32. The highest BCUT2D eigenvalue weighted by Gasteiger charge is 2.33. The van der Waals surface area contributed by atoms with E-state index in [1.165, 1.54) is 18.4 Å². The lowest BCUT2D eigenvalue weighted by molar-refractivity contribution is 0.0982. The first-order valence-corrected chi connectivity index (χ1v) is 8.43. The van der Waals surface area contributed by atoms with Crippen molar-refractivity contribution in [2.45, 2.75) is 44.7 Å². The van der Waals surface area contributed by atoms with Gasteiger partial charge >= 0.3 is 0 Å². The highest BCUT2D eigenvalue weighted by Crippen LogP contribution is 2.32. The zero-order chi connectivity index (χ0) is 13.9. The second-order valence-electron chi connectivity index (χ2n) is 5.74. The summed E-state index contributed by atoms with van der Waals surface area (Å²) in [5.41, 5.74) is 1.15. The van der Waals surface area contributed by atoms with Crippen molar-refractivity contribution in [2.75, 3.05) is 6.61 Å². The Kier molecular flexibility index (Phi) is 5.46. The van der Waals surface area contributed by atoms with Crippen LogP contribution in [0.5, 0.6) is 0 Å². The number of hydrogen-bond acceptors (Lipinski definition) is 2. The molecule has 4 heteroatoms. The van der Waals surface area contributed by atoms with Gasteiger partial charge in [0, 0.05) is 21.0 Å². The quantitative estimate of drug-likeness (QED) is 0.805. The molecule has 1 aromatic carbocycles. The predicted molar refractivity (Wildman–Crippen MR) is 86.1 cm³/mol. The van der Waals surface area contributed by atoms with Gasteiger partial charge in [-0.25, -0.2) is 0 Å². The summed E-state index contributed by atoms with van der Waals surface area (Å²) in [6.07, 6.45) is 4.64. The molecule has 1 saturated carbocycles. The first-order chi connectivity index (χ1) is 9.04.